The van der Waals surface area contributed by atoms with E-state index in [0.717, 1.165) is 49.8 Å². The van der Waals surface area contributed by atoms with Crippen LogP contribution in [0, 0.1) is 5.82 Å². The van der Waals surface area contributed by atoms with E-state index in [4.69, 9.17) is 14.5 Å². The predicted octanol–water partition coefficient (Wildman–Crippen LogP) is 2.40. The summed E-state index contributed by atoms with van der Waals surface area (Å²) >= 11 is 0. The number of rotatable bonds is 2. The Morgan fingerprint density at radius 1 is 1.15 bits per heavy atom. The summed E-state index contributed by atoms with van der Waals surface area (Å²) < 4.78 is 24.9. The van der Waals surface area contributed by atoms with Crippen LogP contribution < -0.4 is 5.32 Å². The molecule has 5 rings (SSSR count). The number of pyridine rings is 1. The van der Waals surface area contributed by atoms with Crippen molar-refractivity contribution in [1.82, 2.24) is 9.88 Å². The number of carbonyl (C=O) groups is 1. The lowest BCUT2D eigenvalue weighted by atomic mass is 10.0. The molecule has 138 valence electrons. The fourth-order valence-electron chi connectivity index (χ4n) is 3.73. The Morgan fingerprint density at radius 3 is 2.85 bits per heavy atom. The van der Waals surface area contributed by atoms with Crippen molar-refractivity contribution in [2.75, 3.05) is 31.6 Å². The third kappa shape index (κ3) is 2.89. The molecule has 1 fully saturated rings. The van der Waals surface area contributed by atoms with E-state index in [1.807, 2.05) is 12.1 Å². The van der Waals surface area contributed by atoms with Crippen LogP contribution in [0.4, 0.5) is 10.1 Å². The fraction of sp³-hybridized carbons (Fsp3) is 0.300. The van der Waals surface area contributed by atoms with Crippen molar-refractivity contribution in [3.63, 3.8) is 0 Å². The molecule has 0 radical (unpaired) electrons. The second-order valence-corrected chi connectivity index (χ2v) is 6.82. The number of anilines is 1. The van der Waals surface area contributed by atoms with E-state index in [1.165, 1.54) is 12.1 Å². The number of carbonyl (C=O) groups excluding carboxylic acids is 1. The Hall–Kier alpha value is -2.77. The first kappa shape index (κ1) is 16.4. The molecule has 6 nitrogen and oxygen atoms in total. The van der Waals surface area contributed by atoms with Crippen LogP contribution in [0.5, 0.6) is 0 Å². The number of amides is 1. The average molecular weight is 367 g/mol. The molecule has 1 amide bonds. The summed E-state index contributed by atoms with van der Waals surface area (Å²) in [5.74, 6) is -0.200. The Morgan fingerprint density at radius 2 is 2.00 bits per heavy atom. The van der Waals surface area contributed by atoms with Crippen LogP contribution in [0.1, 0.15) is 22.5 Å². The molecular formula is C20H18FN3O3. The second-order valence-electron chi connectivity index (χ2n) is 6.82. The van der Waals surface area contributed by atoms with Crippen LogP contribution in [0.3, 0.4) is 0 Å². The maximum atomic E-state index is 13.7. The van der Waals surface area contributed by atoms with Crippen molar-refractivity contribution >= 4 is 22.9 Å². The van der Waals surface area contributed by atoms with Gasteiger partial charge in [-0.2, -0.15) is 0 Å². The summed E-state index contributed by atoms with van der Waals surface area (Å²) in [6, 6.07) is 8.16. The standard InChI is InChI=1S/C20H18FN3O3/c21-12-1-4-16-15(9-12)18(20(25)23-16)19-14-3-2-13(22-17(14)11-27-19)10-24-5-7-26-8-6-24/h1-4,9H,5-8,10-11H2,(H,23,25)/b19-18+. The molecule has 3 aliphatic rings. The largest absolute Gasteiger partial charge is 0.486 e. The number of benzene rings is 1. The molecule has 0 bridgehead atoms. The second kappa shape index (κ2) is 6.44. The van der Waals surface area contributed by atoms with Gasteiger partial charge in [0.15, 0.2) is 0 Å². The summed E-state index contributed by atoms with van der Waals surface area (Å²) in [5.41, 5.74) is 4.06. The lowest BCUT2D eigenvalue weighted by molar-refractivity contribution is -0.110. The van der Waals surface area contributed by atoms with Crippen LogP contribution in [0.25, 0.3) is 11.3 Å². The van der Waals surface area contributed by atoms with Gasteiger partial charge in [0, 0.05) is 36.4 Å². The Bertz CT molecular complexity index is 967. The van der Waals surface area contributed by atoms with Crippen LogP contribution >= 0.6 is 0 Å². The first-order valence-corrected chi connectivity index (χ1v) is 8.96. The molecule has 0 saturated carbocycles. The highest BCUT2D eigenvalue weighted by Crippen LogP contribution is 2.41. The molecule has 1 aromatic heterocycles. The highest BCUT2D eigenvalue weighted by Gasteiger charge is 2.33. The Labute approximate surface area is 155 Å². The van der Waals surface area contributed by atoms with E-state index < -0.39 is 0 Å². The predicted molar refractivity (Wildman–Crippen MR) is 97.0 cm³/mol. The number of hydrogen-bond donors (Lipinski definition) is 1. The van der Waals surface area contributed by atoms with Crippen LogP contribution in [0.2, 0.25) is 0 Å². The number of aromatic nitrogens is 1. The van der Waals surface area contributed by atoms with Crippen molar-refractivity contribution in [2.24, 2.45) is 0 Å². The zero-order chi connectivity index (χ0) is 18.4. The van der Waals surface area contributed by atoms with Crippen LogP contribution in [0.15, 0.2) is 30.3 Å². The lowest BCUT2D eigenvalue weighted by Gasteiger charge is -2.26. The van der Waals surface area contributed by atoms with Gasteiger partial charge in [0.2, 0.25) is 0 Å². The van der Waals surface area contributed by atoms with Gasteiger partial charge in [-0.15, -0.1) is 0 Å². The molecule has 27 heavy (non-hydrogen) atoms. The van der Waals surface area contributed by atoms with Gasteiger partial charge in [0.25, 0.3) is 5.91 Å². The monoisotopic (exact) mass is 367 g/mol. The van der Waals surface area contributed by atoms with Gasteiger partial charge in [-0.05, 0) is 30.3 Å². The van der Waals surface area contributed by atoms with E-state index in [9.17, 15) is 9.18 Å². The van der Waals surface area contributed by atoms with Crippen molar-refractivity contribution < 1.29 is 18.7 Å². The number of halogens is 1. The summed E-state index contributed by atoms with van der Waals surface area (Å²) in [6.07, 6.45) is 0. The number of hydrogen-bond acceptors (Lipinski definition) is 5. The van der Waals surface area contributed by atoms with Crippen molar-refractivity contribution in [2.45, 2.75) is 13.2 Å². The number of ether oxygens (including phenoxy) is 2. The van der Waals surface area contributed by atoms with Gasteiger partial charge in [0.05, 0.1) is 30.2 Å². The SMILES string of the molecule is O=C1Nc2ccc(F)cc2/C1=C1\OCc2nc(CN3CCOCC3)ccc21. The van der Waals surface area contributed by atoms with Gasteiger partial charge in [-0.3, -0.25) is 14.7 Å². The van der Waals surface area contributed by atoms with Gasteiger partial charge >= 0.3 is 0 Å². The van der Waals surface area contributed by atoms with E-state index >= 15 is 0 Å². The normalized spacial score (nSPS) is 21.6. The van der Waals surface area contributed by atoms with Gasteiger partial charge < -0.3 is 14.8 Å². The first-order chi connectivity index (χ1) is 13.2. The lowest BCUT2D eigenvalue weighted by Crippen LogP contribution is -2.35. The molecule has 0 spiro atoms. The summed E-state index contributed by atoms with van der Waals surface area (Å²) in [4.78, 5) is 19.5. The molecule has 0 unspecified atom stereocenters. The minimum Gasteiger partial charge on any atom is -0.486 e. The minimum atomic E-state index is -0.388. The average Bonchev–Trinajstić information content (AvgIpc) is 3.21. The zero-order valence-corrected chi connectivity index (χ0v) is 14.6. The van der Waals surface area contributed by atoms with Crippen molar-refractivity contribution in [3.8, 4) is 0 Å². The first-order valence-electron chi connectivity index (χ1n) is 8.96. The van der Waals surface area contributed by atoms with Gasteiger partial charge in [-0.1, -0.05) is 0 Å². The van der Waals surface area contributed by atoms with E-state index in [1.54, 1.807) is 6.07 Å². The number of morpholine rings is 1. The summed E-state index contributed by atoms with van der Waals surface area (Å²) in [5, 5.41) is 2.77. The van der Waals surface area contributed by atoms with E-state index in [-0.39, 0.29) is 11.7 Å². The quantitative estimate of drug-likeness (QED) is 0.826. The van der Waals surface area contributed by atoms with Crippen molar-refractivity contribution in [1.29, 1.82) is 0 Å². The molecule has 0 aliphatic carbocycles. The topological polar surface area (TPSA) is 63.7 Å². The number of nitrogens with one attached hydrogen (secondary N) is 1. The van der Waals surface area contributed by atoms with Gasteiger partial charge in [0.1, 0.15) is 18.2 Å². The minimum absolute atomic E-state index is 0.282. The molecule has 1 N–H and O–H groups in total. The third-order valence-electron chi connectivity index (χ3n) is 5.07. The zero-order valence-electron chi connectivity index (χ0n) is 14.6. The number of fused-ring (bicyclic) bond motifs is 2. The molecular weight excluding hydrogens is 349 g/mol. The highest BCUT2D eigenvalue weighted by atomic mass is 19.1. The third-order valence-corrected chi connectivity index (χ3v) is 5.07. The van der Waals surface area contributed by atoms with Crippen molar-refractivity contribution in [3.05, 3.63) is 58.7 Å². The molecule has 0 atom stereocenters. The highest BCUT2D eigenvalue weighted by molar-refractivity contribution is 6.36. The van der Waals surface area contributed by atoms with Crippen LogP contribution in [-0.4, -0.2) is 42.1 Å². The maximum absolute atomic E-state index is 13.7. The molecule has 3 aliphatic heterocycles. The summed E-state index contributed by atoms with van der Waals surface area (Å²) in [7, 11) is 0. The summed E-state index contributed by atoms with van der Waals surface area (Å²) in [6.45, 7) is 4.35. The van der Waals surface area contributed by atoms with Gasteiger partial charge in [-0.25, -0.2) is 4.39 Å². The molecule has 1 saturated heterocycles. The molecule has 7 heteroatoms. The molecule has 1 aromatic carbocycles. The van der Waals surface area contributed by atoms with E-state index in [0.29, 0.717) is 29.2 Å². The maximum Gasteiger partial charge on any atom is 0.260 e. The molecule has 2 aromatic rings. The number of nitrogens with zero attached hydrogens (tertiary/aromatic N) is 2. The Balaban J connectivity index is 1.49. The Kier molecular flexibility index (Phi) is 3.91. The molecule has 4 heterocycles. The smallest absolute Gasteiger partial charge is 0.260 e. The van der Waals surface area contributed by atoms with Crippen LogP contribution in [-0.2, 0) is 27.4 Å². The van der Waals surface area contributed by atoms with E-state index in [2.05, 4.69) is 10.2 Å². The fourth-order valence-corrected chi connectivity index (χ4v) is 3.73.